The minimum Gasteiger partial charge on any atom is -0.489 e. The van der Waals surface area contributed by atoms with Gasteiger partial charge in [0, 0.05) is 6.42 Å². The number of ether oxygens (including phenoxy) is 1. The molecule has 0 saturated heterocycles. The van der Waals surface area contributed by atoms with Gasteiger partial charge in [-0.2, -0.15) is 0 Å². The summed E-state index contributed by atoms with van der Waals surface area (Å²) in [4.78, 5) is 11.8. The van der Waals surface area contributed by atoms with Crippen molar-refractivity contribution in [2.45, 2.75) is 52.6 Å². The third kappa shape index (κ3) is 2.05. The second kappa shape index (κ2) is 5.13. The summed E-state index contributed by atoms with van der Waals surface area (Å²) in [5.41, 5.74) is 1.08. The van der Waals surface area contributed by atoms with Crippen molar-refractivity contribution in [2.24, 2.45) is 5.41 Å². The van der Waals surface area contributed by atoms with Gasteiger partial charge in [0.15, 0.2) is 0 Å². The fraction of sp³-hybridized carbons (Fsp3) is 0.562. The summed E-state index contributed by atoms with van der Waals surface area (Å²) < 4.78 is 6.00. The van der Waals surface area contributed by atoms with Gasteiger partial charge in [0.05, 0.1) is 5.41 Å². The third-order valence-electron chi connectivity index (χ3n) is 4.41. The number of carbonyl (C=O) groups excluding carboxylic acids is 1. The van der Waals surface area contributed by atoms with E-state index in [1.165, 1.54) is 5.56 Å². The SMILES string of the molecule is CCc1ccc(OC2CC(=O)C2(CC)CC)cc1. The van der Waals surface area contributed by atoms with Crippen molar-refractivity contribution >= 4 is 5.78 Å². The van der Waals surface area contributed by atoms with Crippen LogP contribution in [-0.4, -0.2) is 11.9 Å². The quantitative estimate of drug-likeness (QED) is 0.790. The Bertz CT molecular complexity index is 415. The lowest BCUT2D eigenvalue weighted by molar-refractivity contribution is -0.153. The molecule has 0 spiro atoms. The van der Waals surface area contributed by atoms with E-state index in [0.717, 1.165) is 25.0 Å². The van der Waals surface area contributed by atoms with Crippen molar-refractivity contribution in [1.82, 2.24) is 0 Å². The maximum Gasteiger partial charge on any atom is 0.146 e. The molecule has 0 radical (unpaired) electrons. The minimum absolute atomic E-state index is 0.0625. The maximum absolute atomic E-state index is 11.8. The summed E-state index contributed by atoms with van der Waals surface area (Å²) in [5.74, 6) is 1.25. The van der Waals surface area contributed by atoms with Crippen LogP contribution in [0.1, 0.15) is 45.6 Å². The zero-order valence-corrected chi connectivity index (χ0v) is 11.5. The van der Waals surface area contributed by atoms with Gasteiger partial charge >= 0.3 is 0 Å². The van der Waals surface area contributed by atoms with Crippen molar-refractivity contribution in [1.29, 1.82) is 0 Å². The maximum atomic E-state index is 11.8. The number of hydrogen-bond acceptors (Lipinski definition) is 2. The van der Waals surface area contributed by atoms with Gasteiger partial charge in [-0.3, -0.25) is 4.79 Å². The fourth-order valence-electron chi connectivity index (χ4n) is 2.84. The van der Waals surface area contributed by atoms with Crippen molar-refractivity contribution in [3.05, 3.63) is 29.8 Å². The molecule has 0 aromatic heterocycles. The average Bonchev–Trinajstić information content (AvgIpc) is 2.40. The number of ketones is 1. The van der Waals surface area contributed by atoms with E-state index >= 15 is 0 Å². The lowest BCUT2D eigenvalue weighted by Gasteiger charge is -2.46. The molecule has 2 heteroatoms. The van der Waals surface area contributed by atoms with Gasteiger partial charge in [0.25, 0.3) is 0 Å². The molecule has 1 fully saturated rings. The van der Waals surface area contributed by atoms with Crippen LogP contribution in [0.2, 0.25) is 0 Å². The van der Waals surface area contributed by atoms with Gasteiger partial charge in [-0.25, -0.2) is 0 Å². The van der Waals surface area contributed by atoms with E-state index in [0.29, 0.717) is 12.2 Å². The summed E-state index contributed by atoms with van der Waals surface area (Å²) >= 11 is 0. The lowest BCUT2D eigenvalue weighted by Crippen LogP contribution is -2.56. The van der Waals surface area contributed by atoms with Crippen LogP contribution in [0.4, 0.5) is 0 Å². The van der Waals surface area contributed by atoms with Crippen LogP contribution in [0, 0.1) is 5.41 Å². The van der Waals surface area contributed by atoms with Crippen LogP contribution in [0.15, 0.2) is 24.3 Å². The standard InChI is InChI=1S/C16H22O2/c1-4-12-7-9-13(10-8-12)18-15-11-14(17)16(15,5-2)6-3/h7-10,15H,4-6,11H2,1-3H3. The summed E-state index contributed by atoms with van der Waals surface area (Å²) in [7, 11) is 0. The lowest BCUT2D eigenvalue weighted by atomic mass is 9.61. The van der Waals surface area contributed by atoms with E-state index < -0.39 is 0 Å². The Morgan fingerprint density at radius 2 is 1.78 bits per heavy atom. The highest BCUT2D eigenvalue weighted by molar-refractivity contribution is 5.92. The van der Waals surface area contributed by atoms with Crippen LogP contribution in [0.3, 0.4) is 0 Å². The Hall–Kier alpha value is -1.31. The number of Topliss-reactive ketones (excluding diaryl/α,β-unsaturated/α-hetero) is 1. The molecule has 98 valence electrons. The Labute approximate surface area is 109 Å². The Balaban J connectivity index is 2.07. The predicted octanol–water partition coefficient (Wildman–Crippen LogP) is 3.78. The molecule has 1 aromatic rings. The largest absolute Gasteiger partial charge is 0.489 e. The molecule has 0 amide bonds. The molecular formula is C16H22O2. The van der Waals surface area contributed by atoms with E-state index in [1.807, 2.05) is 12.1 Å². The molecule has 1 aliphatic rings. The zero-order chi connectivity index (χ0) is 13.2. The van der Waals surface area contributed by atoms with Crippen molar-refractivity contribution in [3.63, 3.8) is 0 Å². The molecule has 0 N–H and O–H groups in total. The van der Waals surface area contributed by atoms with Gasteiger partial charge in [0.2, 0.25) is 0 Å². The van der Waals surface area contributed by atoms with E-state index in [1.54, 1.807) is 0 Å². The Morgan fingerprint density at radius 1 is 1.17 bits per heavy atom. The molecule has 1 unspecified atom stereocenters. The third-order valence-corrected chi connectivity index (χ3v) is 4.41. The predicted molar refractivity (Wildman–Crippen MR) is 72.9 cm³/mol. The van der Waals surface area contributed by atoms with Gasteiger partial charge in [-0.05, 0) is 37.0 Å². The highest BCUT2D eigenvalue weighted by atomic mass is 16.5. The normalized spacial score (nSPS) is 21.5. The molecular weight excluding hydrogens is 224 g/mol. The molecule has 1 saturated carbocycles. The van der Waals surface area contributed by atoms with Crippen LogP contribution in [-0.2, 0) is 11.2 Å². The fourth-order valence-corrected chi connectivity index (χ4v) is 2.84. The number of carbonyl (C=O) groups is 1. The van der Waals surface area contributed by atoms with Gasteiger partial charge < -0.3 is 4.74 Å². The van der Waals surface area contributed by atoms with Crippen molar-refractivity contribution < 1.29 is 9.53 Å². The second-order valence-corrected chi connectivity index (χ2v) is 5.09. The molecule has 0 bridgehead atoms. The number of hydrogen-bond donors (Lipinski definition) is 0. The van der Waals surface area contributed by atoms with Crippen LogP contribution >= 0.6 is 0 Å². The summed E-state index contributed by atoms with van der Waals surface area (Å²) in [6, 6.07) is 8.21. The van der Waals surface area contributed by atoms with Gasteiger partial charge in [-0.15, -0.1) is 0 Å². The highest BCUT2D eigenvalue weighted by Crippen LogP contribution is 2.45. The van der Waals surface area contributed by atoms with E-state index in [9.17, 15) is 4.79 Å². The molecule has 0 heterocycles. The smallest absolute Gasteiger partial charge is 0.146 e. The molecule has 0 aliphatic heterocycles. The molecule has 18 heavy (non-hydrogen) atoms. The first-order valence-electron chi connectivity index (χ1n) is 6.95. The number of aryl methyl sites for hydroxylation is 1. The Morgan fingerprint density at radius 3 is 2.22 bits per heavy atom. The summed E-state index contributed by atoms with van der Waals surface area (Å²) in [5, 5.41) is 0. The first-order chi connectivity index (χ1) is 8.66. The van der Waals surface area contributed by atoms with Gasteiger partial charge in [0.1, 0.15) is 17.6 Å². The Kier molecular flexibility index (Phi) is 3.74. The summed E-state index contributed by atoms with van der Waals surface area (Å²) in [6.07, 6.45) is 3.42. The van der Waals surface area contributed by atoms with Gasteiger partial charge in [-0.1, -0.05) is 32.9 Å². The molecule has 1 aliphatic carbocycles. The number of benzene rings is 1. The van der Waals surface area contributed by atoms with E-state index in [2.05, 4.69) is 32.9 Å². The van der Waals surface area contributed by atoms with Crippen LogP contribution in [0.25, 0.3) is 0 Å². The first kappa shape index (κ1) is 13.1. The average molecular weight is 246 g/mol. The van der Waals surface area contributed by atoms with Crippen molar-refractivity contribution in [3.8, 4) is 5.75 Å². The molecule has 1 atom stereocenters. The monoisotopic (exact) mass is 246 g/mol. The highest BCUT2D eigenvalue weighted by Gasteiger charge is 2.53. The van der Waals surface area contributed by atoms with E-state index in [4.69, 9.17) is 4.74 Å². The zero-order valence-electron chi connectivity index (χ0n) is 11.5. The van der Waals surface area contributed by atoms with Crippen LogP contribution < -0.4 is 4.74 Å². The van der Waals surface area contributed by atoms with Crippen molar-refractivity contribution in [2.75, 3.05) is 0 Å². The topological polar surface area (TPSA) is 26.3 Å². The van der Waals surface area contributed by atoms with E-state index in [-0.39, 0.29) is 11.5 Å². The second-order valence-electron chi connectivity index (χ2n) is 5.09. The molecule has 2 rings (SSSR count). The molecule has 1 aromatic carbocycles. The number of rotatable bonds is 5. The molecule has 2 nitrogen and oxygen atoms in total. The minimum atomic E-state index is -0.233. The summed E-state index contributed by atoms with van der Waals surface area (Å²) in [6.45, 7) is 6.30. The first-order valence-corrected chi connectivity index (χ1v) is 6.95. The van der Waals surface area contributed by atoms with Crippen LogP contribution in [0.5, 0.6) is 5.75 Å².